The number of carboxylic acids is 1. The molecule has 2 rings (SSSR count). The average Bonchev–Trinajstić information content (AvgIpc) is 3.10. The van der Waals surface area contributed by atoms with Gasteiger partial charge in [0.05, 0.1) is 12.8 Å². The first-order chi connectivity index (χ1) is 9.04. The standard InChI is InChI=1S/C14H16ClNO3/c15-11-3-1-2-9(6-11)7-13(17)16-12(8-14(18)19)10-4-5-10/h1-3,6,10,12H,4-5,7-8H2,(H,16,17)(H,18,19). The highest BCUT2D eigenvalue weighted by Gasteiger charge is 2.33. The number of nitrogens with one attached hydrogen (secondary N) is 1. The number of carbonyl (C=O) groups excluding carboxylic acids is 1. The van der Waals surface area contributed by atoms with Crippen molar-refractivity contribution in [3.8, 4) is 0 Å². The number of carboxylic acid groups (broad SMARTS) is 1. The van der Waals surface area contributed by atoms with Crippen molar-refractivity contribution >= 4 is 23.5 Å². The number of halogens is 1. The molecule has 0 heterocycles. The maximum Gasteiger partial charge on any atom is 0.305 e. The largest absolute Gasteiger partial charge is 0.481 e. The van der Waals surface area contributed by atoms with Crippen LogP contribution in [-0.4, -0.2) is 23.0 Å². The number of hydrogen-bond donors (Lipinski definition) is 2. The average molecular weight is 282 g/mol. The second-order valence-electron chi connectivity index (χ2n) is 4.92. The SMILES string of the molecule is O=C(O)CC(NC(=O)Cc1cccc(Cl)c1)C1CC1. The Morgan fingerprint density at radius 1 is 1.42 bits per heavy atom. The van der Waals surface area contributed by atoms with E-state index in [1.54, 1.807) is 18.2 Å². The number of aliphatic carboxylic acids is 1. The lowest BCUT2D eigenvalue weighted by atomic mass is 10.1. The molecule has 0 bridgehead atoms. The van der Waals surface area contributed by atoms with Gasteiger partial charge in [-0.25, -0.2) is 0 Å². The maximum absolute atomic E-state index is 11.9. The molecule has 0 aliphatic heterocycles. The molecule has 1 amide bonds. The van der Waals surface area contributed by atoms with Gasteiger partial charge in [0.1, 0.15) is 0 Å². The normalized spacial score (nSPS) is 15.8. The minimum Gasteiger partial charge on any atom is -0.481 e. The number of rotatable bonds is 6. The van der Waals surface area contributed by atoms with Crippen LogP contribution >= 0.6 is 11.6 Å². The van der Waals surface area contributed by atoms with Crippen LogP contribution in [0.5, 0.6) is 0 Å². The predicted octanol–water partition coefficient (Wildman–Crippen LogP) is 2.25. The molecule has 1 aromatic rings. The molecule has 0 saturated heterocycles. The first-order valence-electron chi connectivity index (χ1n) is 6.30. The van der Waals surface area contributed by atoms with Gasteiger partial charge in [-0.05, 0) is 36.5 Å². The van der Waals surface area contributed by atoms with Gasteiger partial charge in [0.15, 0.2) is 0 Å². The van der Waals surface area contributed by atoms with Crippen LogP contribution in [0.25, 0.3) is 0 Å². The Balaban J connectivity index is 1.90. The van der Waals surface area contributed by atoms with Gasteiger partial charge in [-0.2, -0.15) is 0 Å². The van der Waals surface area contributed by atoms with E-state index in [1.807, 2.05) is 6.07 Å². The molecule has 1 unspecified atom stereocenters. The van der Waals surface area contributed by atoms with Crippen LogP contribution in [0.15, 0.2) is 24.3 Å². The summed E-state index contributed by atoms with van der Waals surface area (Å²) in [5.41, 5.74) is 0.829. The van der Waals surface area contributed by atoms with Gasteiger partial charge in [0.25, 0.3) is 0 Å². The van der Waals surface area contributed by atoms with E-state index >= 15 is 0 Å². The highest BCUT2D eigenvalue weighted by molar-refractivity contribution is 6.30. The van der Waals surface area contributed by atoms with E-state index in [-0.39, 0.29) is 24.8 Å². The second kappa shape index (κ2) is 6.06. The van der Waals surface area contributed by atoms with Gasteiger partial charge in [0, 0.05) is 11.1 Å². The molecule has 0 aromatic heterocycles. The van der Waals surface area contributed by atoms with Crippen molar-refractivity contribution in [2.75, 3.05) is 0 Å². The van der Waals surface area contributed by atoms with Crippen LogP contribution in [0.3, 0.4) is 0 Å². The minimum atomic E-state index is -0.875. The Morgan fingerprint density at radius 3 is 2.74 bits per heavy atom. The highest BCUT2D eigenvalue weighted by Crippen LogP contribution is 2.34. The quantitative estimate of drug-likeness (QED) is 0.840. The van der Waals surface area contributed by atoms with Gasteiger partial charge in [0.2, 0.25) is 5.91 Å². The molecule has 0 spiro atoms. The molecule has 5 heteroatoms. The topological polar surface area (TPSA) is 66.4 Å². The molecular weight excluding hydrogens is 266 g/mol. The van der Waals surface area contributed by atoms with Crippen LogP contribution in [-0.2, 0) is 16.0 Å². The molecule has 1 saturated carbocycles. The Kier molecular flexibility index (Phi) is 4.43. The van der Waals surface area contributed by atoms with E-state index in [9.17, 15) is 9.59 Å². The first kappa shape index (κ1) is 13.9. The molecule has 102 valence electrons. The molecular formula is C14H16ClNO3. The summed E-state index contributed by atoms with van der Waals surface area (Å²) in [5, 5.41) is 12.2. The smallest absolute Gasteiger partial charge is 0.305 e. The summed E-state index contributed by atoms with van der Waals surface area (Å²) in [4.78, 5) is 22.7. The van der Waals surface area contributed by atoms with Crippen LogP contribution in [0.4, 0.5) is 0 Å². The number of amides is 1. The predicted molar refractivity (Wildman–Crippen MR) is 72.1 cm³/mol. The molecule has 1 aromatic carbocycles. The van der Waals surface area contributed by atoms with E-state index in [0.29, 0.717) is 10.9 Å². The van der Waals surface area contributed by atoms with Crippen LogP contribution in [0.1, 0.15) is 24.8 Å². The van der Waals surface area contributed by atoms with E-state index in [4.69, 9.17) is 16.7 Å². The molecule has 1 aliphatic carbocycles. The number of carbonyl (C=O) groups is 2. The fourth-order valence-corrected chi connectivity index (χ4v) is 2.33. The van der Waals surface area contributed by atoms with Crippen molar-refractivity contribution in [3.05, 3.63) is 34.9 Å². The highest BCUT2D eigenvalue weighted by atomic mass is 35.5. The summed E-state index contributed by atoms with van der Waals surface area (Å²) in [6, 6.07) is 6.87. The fraction of sp³-hybridized carbons (Fsp3) is 0.429. The van der Waals surface area contributed by atoms with Crippen molar-refractivity contribution in [1.82, 2.24) is 5.32 Å². The summed E-state index contributed by atoms with van der Waals surface area (Å²) in [5.74, 6) is -0.709. The Hall–Kier alpha value is -1.55. The van der Waals surface area contributed by atoms with E-state index in [2.05, 4.69) is 5.32 Å². The first-order valence-corrected chi connectivity index (χ1v) is 6.68. The zero-order valence-electron chi connectivity index (χ0n) is 10.4. The van der Waals surface area contributed by atoms with Gasteiger partial charge in [-0.3, -0.25) is 9.59 Å². The molecule has 19 heavy (non-hydrogen) atoms. The summed E-state index contributed by atoms with van der Waals surface area (Å²) in [7, 11) is 0. The van der Waals surface area contributed by atoms with Crippen molar-refractivity contribution in [3.63, 3.8) is 0 Å². The van der Waals surface area contributed by atoms with Gasteiger partial charge >= 0.3 is 5.97 Å². The Bertz CT molecular complexity index is 485. The van der Waals surface area contributed by atoms with Gasteiger partial charge in [-0.15, -0.1) is 0 Å². The van der Waals surface area contributed by atoms with Gasteiger partial charge in [-0.1, -0.05) is 23.7 Å². The van der Waals surface area contributed by atoms with Crippen molar-refractivity contribution < 1.29 is 14.7 Å². The third-order valence-electron chi connectivity index (χ3n) is 3.19. The lowest BCUT2D eigenvalue weighted by Crippen LogP contribution is -2.38. The minimum absolute atomic E-state index is 0.00798. The second-order valence-corrected chi connectivity index (χ2v) is 5.35. The van der Waals surface area contributed by atoms with Crippen LogP contribution < -0.4 is 5.32 Å². The van der Waals surface area contributed by atoms with E-state index in [0.717, 1.165) is 18.4 Å². The Labute approximate surface area is 116 Å². The lowest BCUT2D eigenvalue weighted by Gasteiger charge is -2.16. The van der Waals surface area contributed by atoms with Crippen molar-refractivity contribution in [2.45, 2.75) is 31.7 Å². The number of benzene rings is 1. The zero-order chi connectivity index (χ0) is 13.8. The summed E-state index contributed by atoms with van der Waals surface area (Å²) >= 11 is 5.85. The van der Waals surface area contributed by atoms with E-state index in [1.165, 1.54) is 0 Å². The zero-order valence-corrected chi connectivity index (χ0v) is 11.2. The van der Waals surface area contributed by atoms with Crippen molar-refractivity contribution in [1.29, 1.82) is 0 Å². The number of hydrogen-bond acceptors (Lipinski definition) is 2. The maximum atomic E-state index is 11.9. The molecule has 1 atom stereocenters. The fourth-order valence-electron chi connectivity index (χ4n) is 2.11. The van der Waals surface area contributed by atoms with Crippen molar-refractivity contribution in [2.24, 2.45) is 5.92 Å². The molecule has 0 radical (unpaired) electrons. The van der Waals surface area contributed by atoms with E-state index < -0.39 is 5.97 Å². The van der Waals surface area contributed by atoms with Crippen LogP contribution in [0, 0.1) is 5.92 Å². The van der Waals surface area contributed by atoms with Gasteiger partial charge < -0.3 is 10.4 Å². The summed E-state index contributed by atoms with van der Waals surface area (Å²) < 4.78 is 0. The lowest BCUT2D eigenvalue weighted by molar-refractivity contribution is -0.137. The molecule has 2 N–H and O–H groups in total. The molecule has 4 nitrogen and oxygen atoms in total. The summed E-state index contributed by atoms with van der Waals surface area (Å²) in [6.07, 6.45) is 2.21. The third-order valence-corrected chi connectivity index (χ3v) is 3.42. The molecule has 1 fully saturated rings. The molecule has 1 aliphatic rings. The third kappa shape index (κ3) is 4.56. The summed E-state index contributed by atoms with van der Waals surface area (Å²) in [6.45, 7) is 0. The Morgan fingerprint density at radius 2 is 2.16 bits per heavy atom. The van der Waals surface area contributed by atoms with Crippen LogP contribution in [0.2, 0.25) is 5.02 Å². The monoisotopic (exact) mass is 281 g/mol.